The van der Waals surface area contributed by atoms with Gasteiger partial charge in [0, 0.05) is 31.7 Å². The maximum atomic E-state index is 11.9. The highest BCUT2D eigenvalue weighted by molar-refractivity contribution is 7.90. The first-order valence-electron chi connectivity index (χ1n) is 8.72. The molecule has 1 amide bonds. The van der Waals surface area contributed by atoms with Crippen LogP contribution in [0.15, 0.2) is 24.3 Å². The molecular formula is C18H29N3O3S. The fourth-order valence-corrected chi connectivity index (χ4v) is 4.45. The number of fused-ring (bicyclic) bond motifs is 1. The second-order valence-corrected chi connectivity index (χ2v) is 9.33. The van der Waals surface area contributed by atoms with Crippen LogP contribution >= 0.6 is 0 Å². The minimum Gasteiger partial charge on any atom is -0.355 e. The van der Waals surface area contributed by atoms with Gasteiger partial charge in [-0.05, 0) is 44.7 Å². The van der Waals surface area contributed by atoms with Crippen molar-refractivity contribution >= 4 is 15.9 Å². The molecule has 0 aliphatic carbocycles. The summed E-state index contributed by atoms with van der Waals surface area (Å²) in [6.07, 6.45) is 1.86. The third-order valence-electron chi connectivity index (χ3n) is 3.97. The lowest BCUT2D eigenvalue weighted by Crippen LogP contribution is -2.45. The molecule has 6 nitrogen and oxygen atoms in total. The summed E-state index contributed by atoms with van der Waals surface area (Å²) >= 11 is 0. The van der Waals surface area contributed by atoms with Gasteiger partial charge in [-0.3, -0.25) is 9.69 Å². The van der Waals surface area contributed by atoms with Crippen molar-refractivity contribution in [2.45, 2.75) is 45.7 Å². The van der Waals surface area contributed by atoms with Crippen LogP contribution in [0.5, 0.6) is 0 Å². The number of hydrogen-bond acceptors (Lipinski definition) is 4. The van der Waals surface area contributed by atoms with Crippen LogP contribution in [0.3, 0.4) is 0 Å². The van der Waals surface area contributed by atoms with Crippen molar-refractivity contribution in [3.8, 4) is 0 Å². The highest BCUT2D eigenvalue weighted by Crippen LogP contribution is 2.18. The van der Waals surface area contributed by atoms with Crippen molar-refractivity contribution in [2.75, 3.05) is 25.4 Å². The predicted molar refractivity (Wildman–Crippen MR) is 99.7 cm³/mol. The number of hydrogen-bond donors (Lipinski definition) is 2. The van der Waals surface area contributed by atoms with Crippen molar-refractivity contribution in [3.63, 3.8) is 0 Å². The summed E-state index contributed by atoms with van der Waals surface area (Å²) < 4.78 is 26.2. The Hall–Kier alpha value is -1.44. The SMILES string of the molecule is CC(C)(C)NS(=O)(=O)CC(=O)NCCCN1CCc2ccccc2C1. The molecule has 1 aromatic carbocycles. The number of amides is 1. The molecule has 2 rings (SSSR count). The van der Waals surface area contributed by atoms with Gasteiger partial charge in [0.15, 0.2) is 0 Å². The average Bonchev–Trinajstić information content (AvgIpc) is 2.48. The van der Waals surface area contributed by atoms with Crippen LogP contribution in [0, 0.1) is 0 Å². The number of rotatable bonds is 7. The van der Waals surface area contributed by atoms with Gasteiger partial charge in [0.2, 0.25) is 15.9 Å². The molecule has 0 saturated carbocycles. The van der Waals surface area contributed by atoms with Crippen LogP contribution in [0.1, 0.15) is 38.3 Å². The molecule has 1 heterocycles. The molecule has 1 aromatic rings. The number of sulfonamides is 1. The lowest BCUT2D eigenvalue weighted by atomic mass is 10.00. The van der Waals surface area contributed by atoms with E-state index in [-0.39, 0.29) is 0 Å². The number of nitrogens with zero attached hydrogens (tertiary/aromatic N) is 1. The molecule has 25 heavy (non-hydrogen) atoms. The first-order valence-corrected chi connectivity index (χ1v) is 10.4. The largest absolute Gasteiger partial charge is 0.355 e. The zero-order valence-corrected chi connectivity index (χ0v) is 16.2. The smallest absolute Gasteiger partial charge is 0.236 e. The molecule has 0 bridgehead atoms. The van der Waals surface area contributed by atoms with Gasteiger partial charge < -0.3 is 5.32 Å². The van der Waals surface area contributed by atoms with Gasteiger partial charge in [0.1, 0.15) is 5.75 Å². The molecule has 0 radical (unpaired) electrons. The minimum absolute atomic E-state index is 0.458. The third kappa shape index (κ3) is 7.13. The summed E-state index contributed by atoms with van der Waals surface area (Å²) in [5.41, 5.74) is 2.21. The highest BCUT2D eigenvalue weighted by Gasteiger charge is 2.22. The molecule has 2 N–H and O–H groups in total. The maximum absolute atomic E-state index is 11.9. The Morgan fingerprint density at radius 2 is 1.88 bits per heavy atom. The molecule has 1 aliphatic heterocycles. The predicted octanol–water partition coefficient (Wildman–Crippen LogP) is 1.27. The highest BCUT2D eigenvalue weighted by atomic mass is 32.2. The van der Waals surface area contributed by atoms with Gasteiger partial charge in [0.25, 0.3) is 0 Å². The Balaban J connectivity index is 1.67. The summed E-state index contributed by atoms with van der Waals surface area (Å²) in [5.74, 6) is -0.984. The van der Waals surface area contributed by atoms with E-state index in [1.165, 1.54) is 11.1 Å². The third-order valence-corrected chi connectivity index (χ3v) is 5.53. The normalized spacial score (nSPS) is 15.6. The fourth-order valence-electron chi connectivity index (χ4n) is 3.00. The van der Waals surface area contributed by atoms with E-state index in [1.54, 1.807) is 20.8 Å². The molecule has 7 heteroatoms. The standard InChI is InChI=1S/C18H29N3O3S/c1-18(2,3)20-25(23,24)14-17(22)19-10-6-11-21-12-9-15-7-4-5-8-16(15)13-21/h4-5,7-8,20H,6,9-14H2,1-3H3,(H,19,22). The van der Waals surface area contributed by atoms with Crippen molar-refractivity contribution in [3.05, 3.63) is 35.4 Å². The lowest BCUT2D eigenvalue weighted by Gasteiger charge is -2.28. The van der Waals surface area contributed by atoms with E-state index in [2.05, 4.69) is 39.2 Å². The number of nitrogens with one attached hydrogen (secondary N) is 2. The second kappa shape index (κ2) is 8.29. The Morgan fingerprint density at radius 1 is 1.20 bits per heavy atom. The van der Waals surface area contributed by atoms with Crippen molar-refractivity contribution in [2.24, 2.45) is 0 Å². The van der Waals surface area contributed by atoms with E-state index < -0.39 is 27.2 Å². The van der Waals surface area contributed by atoms with Crippen LogP contribution in [0.2, 0.25) is 0 Å². The Labute approximate surface area is 151 Å². The first-order chi connectivity index (χ1) is 11.6. The van der Waals surface area contributed by atoms with Crippen molar-refractivity contribution in [1.29, 1.82) is 0 Å². The Bertz CT molecular complexity index is 696. The molecular weight excluding hydrogens is 338 g/mol. The Kier molecular flexibility index (Phi) is 6.59. The van der Waals surface area contributed by atoms with E-state index in [4.69, 9.17) is 0 Å². The van der Waals surface area contributed by atoms with Crippen LogP contribution < -0.4 is 10.0 Å². The van der Waals surface area contributed by atoms with Crippen LogP contribution in [0.25, 0.3) is 0 Å². The molecule has 0 saturated heterocycles. The number of carbonyl (C=O) groups excluding carboxylic acids is 1. The van der Waals surface area contributed by atoms with Crippen LogP contribution in [0.4, 0.5) is 0 Å². The van der Waals surface area contributed by atoms with E-state index in [0.29, 0.717) is 6.54 Å². The topological polar surface area (TPSA) is 78.5 Å². The number of carbonyl (C=O) groups is 1. The minimum atomic E-state index is -3.60. The summed E-state index contributed by atoms with van der Waals surface area (Å²) in [6, 6.07) is 8.48. The molecule has 140 valence electrons. The zero-order chi connectivity index (χ0) is 18.5. The molecule has 0 spiro atoms. The average molecular weight is 368 g/mol. The quantitative estimate of drug-likeness (QED) is 0.712. The van der Waals surface area contributed by atoms with Crippen molar-refractivity contribution in [1.82, 2.24) is 14.9 Å². The lowest BCUT2D eigenvalue weighted by molar-refractivity contribution is -0.118. The maximum Gasteiger partial charge on any atom is 0.236 e. The monoisotopic (exact) mass is 367 g/mol. The van der Waals surface area contributed by atoms with Gasteiger partial charge in [-0.15, -0.1) is 0 Å². The van der Waals surface area contributed by atoms with Gasteiger partial charge in [0.05, 0.1) is 0 Å². The van der Waals surface area contributed by atoms with Gasteiger partial charge in [-0.1, -0.05) is 24.3 Å². The second-order valence-electron chi connectivity index (χ2n) is 7.61. The van der Waals surface area contributed by atoms with Gasteiger partial charge >= 0.3 is 0 Å². The van der Waals surface area contributed by atoms with Gasteiger partial charge in [-0.2, -0.15) is 0 Å². The summed E-state index contributed by atoms with van der Waals surface area (Å²) in [5, 5.41) is 2.70. The molecule has 0 aromatic heterocycles. The Morgan fingerprint density at radius 3 is 2.56 bits per heavy atom. The molecule has 1 aliphatic rings. The summed E-state index contributed by atoms with van der Waals surface area (Å²) in [7, 11) is -3.60. The van der Waals surface area contributed by atoms with Crippen LogP contribution in [-0.4, -0.2) is 50.2 Å². The zero-order valence-electron chi connectivity index (χ0n) is 15.3. The van der Waals surface area contributed by atoms with E-state index in [0.717, 1.165) is 32.5 Å². The molecule has 0 fully saturated rings. The summed E-state index contributed by atoms with van der Waals surface area (Å²) in [6.45, 7) is 8.59. The number of benzene rings is 1. The van der Waals surface area contributed by atoms with E-state index in [1.807, 2.05) is 0 Å². The van der Waals surface area contributed by atoms with E-state index >= 15 is 0 Å². The fraction of sp³-hybridized carbons (Fsp3) is 0.611. The van der Waals surface area contributed by atoms with E-state index in [9.17, 15) is 13.2 Å². The molecule has 0 unspecified atom stereocenters. The van der Waals surface area contributed by atoms with Crippen LogP contribution in [-0.2, 0) is 27.8 Å². The summed E-state index contributed by atoms with van der Waals surface area (Å²) in [4.78, 5) is 14.2. The van der Waals surface area contributed by atoms with Gasteiger partial charge in [-0.25, -0.2) is 13.1 Å². The molecule has 0 atom stereocenters. The first kappa shape index (κ1) is 19.9. The van der Waals surface area contributed by atoms with Crippen molar-refractivity contribution < 1.29 is 13.2 Å².